The van der Waals surface area contributed by atoms with Gasteiger partial charge >= 0.3 is 0 Å². The smallest absolute Gasteiger partial charge is 0.0555 e. The van der Waals surface area contributed by atoms with E-state index in [1.807, 2.05) is 11.3 Å². The normalized spacial score (nSPS) is 12.7. The van der Waals surface area contributed by atoms with Crippen molar-refractivity contribution in [3.05, 3.63) is 182 Å². The van der Waals surface area contributed by atoms with Gasteiger partial charge in [-0.3, -0.25) is 0 Å². The van der Waals surface area contributed by atoms with Crippen molar-refractivity contribution in [1.82, 2.24) is 9.13 Å². The van der Waals surface area contributed by atoms with Gasteiger partial charge in [0.05, 0.1) is 22.1 Å². The second kappa shape index (κ2) is 10.7. The van der Waals surface area contributed by atoms with Crippen LogP contribution in [0.2, 0.25) is 0 Å². The van der Waals surface area contributed by atoms with E-state index in [2.05, 4.69) is 191 Å². The van der Waals surface area contributed by atoms with E-state index in [9.17, 15) is 0 Å². The van der Waals surface area contributed by atoms with E-state index in [1.54, 1.807) is 0 Å². The van der Waals surface area contributed by atoms with Crippen molar-refractivity contribution in [2.75, 3.05) is 0 Å². The molecule has 0 fully saturated rings. The Bertz CT molecular complexity index is 3810. The van der Waals surface area contributed by atoms with Crippen LogP contribution in [0.4, 0.5) is 0 Å². The van der Waals surface area contributed by atoms with Crippen molar-refractivity contribution in [2.24, 2.45) is 0 Å². The van der Waals surface area contributed by atoms with Gasteiger partial charge in [0.2, 0.25) is 0 Å². The van der Waals surface area contributed by atoms with Crippen LogP contribution < -0.4 is 0 Å². The van der Waals surface area contributed by atoms with Gasteiger partial charge in [0.25, 0.3) is 0 Å². The molecule has 2 aliphatic rings. The van der Waals surface area contributed by atoms with Gasteiger partial charge in [-0.15, -0.1) is 11.3 Å². The predicted octanol–water partition coefficient (Wildman–Crippen LogP) is 15.8. The summed E-state index contributed by atoms with van der Waals surface area (Å²) in [6, 6.07) is 68.4. The van der Waals surface area contributed by atoms with Gasteiger partial charge in [-0.1, -0.05) is 133 Å². The zero-order valence-corrected chi connectivity index (χ0v) is 32.4. The predicted molar refractivity (Wildman–Crippen MR) is 252 cm³/mol. The Morgan fingerprint density at radius 3 is 1.15 bits per heavy atom. The molecule has 270 valence electrons. The Balaban J connectivity index is 1.01. The fourth-order valence-corrected chi connectivity index (χ4v) is 12.6. The minimum atomic E-state index is 1.20. The molecular weight excluding hydrogens is 733 g/mol. The first-order chi connectivity index (χ1) is 29.3. The number of thiophene rings is 1. The van der Waals surface area contributed by atoms with Gasteiger partial charge in [-0.05, 0) is 115 Å². The molecule has 15 rings (SSSR count). The van der Waals surface area contributed by atoms with Crippen LogP contribution in [0.15, 0.2) is 182 Å². The number of hydrogen-bond donors (Lipinski definition) is 0. The maximum atomic E-state index is 2.51. The van der Waals surface area contributed by atoms with E-state index < -0.39 is 0 Å². The lowest BCUT2D eigenvalue weighted by Crippen LogP contribution is -1.94. The summed E-state index contributed by atoms with van der Waals surface area (Å²) < 4.78 is 7.70. The Kier molecular flexibility index (Phi) is 5.57. The Morgan fingerprint density at radius 1 is 0.271 bits per heavy atom. The molecule has 0 aliphatic heterocycles. The lowest BCUT2D eigenvalue weighted by molar-refractivity contribution is 1.19. The maximum Gasteiger partial charge on any atom is 0.0555 e. The van der Waals surface area contributed by atoms with Gasteiger partial charge in [0.1, 0.15) is 0 Å². The molecule has 0 N–H and O–H groups in total. The van der Waals surface area contributed by atoms with Gasteiger partial charge in [-0.2, -0.15) is 0 Å². The quantitative estimate of drug-likeness (QED) is 0.166. The minimum Gasteiger partial charge on any atom is -0.309 e. The second-order valence-electron chi connectivity index (χ2n) is 16.4. The van der Waals surface area contributed by atoms with Crippen LogP contribution in [0, 0.1) is 0 Å². The summed E-state index contributed by atoms with van der Waals surface area (Å²) in [5, 5.41) is 13.1. The summed E-state index contributed by atoms with van der Waals surface area (Å²) in [4.78, 5) is 0. The summed E-state index contributed by atoms with van der Waals surface area (Å²) >= 11 is 1.96. The second-order valence-corrected chi connectivity index (χ2v) is 17.4. The van der Waals surface area contributed by atoms with E-state index in [-0.39, 0.29) is 0 Å². The number of rotatable bonds is 2. The van der Waals surface area contributed by atoms with E-state index in [0.717, 1.165) is 0 Å². The molecule has 0 atom stereocenters. The number of aromatic nitrogens is 2. The molecule has 0 amide bonds. The van der Waals surface area contributed by atoms with Crippen LogP contribution >= 0.6 is 11.3 Å². The number of para-hydroxylation sites is 2. The van der Waals surface area contributed by atoms with Crippen LogP contribution in [0.25, 0.3) is 141 Å². The molecule has 3 heterocycles. The van der Waals surface area contributed by atoms with E-state index in [0.29, 0.717) is 0 Å². The minimum absolute atomic E-state index is 1.20. The van der Waals surface area contributed by atoms with Gasteiger partial charge in [0.15, 0.2) is 0 Å². The fraction of sp³-hybridized carbons (Fsp3) is 0. The molecule has 10 aromatic carbocycles. The first kappa shape index (κ1) is 30.6. The molecular formula is C56H30N2S. The van der Waals surface area contributed by atoms with E-state index in [1.165, 1.54) is 141 Å². The summed E-state index contributed by atoms with van der Waals surface area (Å²) in [5.74, 6) is 0. The van der Waals surface area contributed by atoms with Crippen LogP contribution in [0.1, 0.15) is 0 Å². The topological polar surface area (TPSA) is 9.86 Å². The number of fused-ring (bicyclic) bond motifs is 17. The Morgan fingerprint density at radius 2 is 0.678 bits per heavy atom. The van der Waals surface area contributed by atoms with Crippen molar-refractivity contribution < 1.29 is 0 Å². The van der Waals surface area contributed by atoms with Crippen LogP contribution in [0.3, 0.4) is 0 Å². The van der Waals surface area contributed by atoms with Crippen LogP contribution in [0.5, 0.6) is 0 Å². The number of hydrogen-bond acceptors (Lipinski definition) is 1. The third-order valence-corrected chi connectivity index (χ3v) is 14.8. The molecule has 59 heavy (non-hydrogen) atoms. The standard InChI is InChI=1S/C56H30N2S/c1-3-15-37-35(13-1)39-19-9-11-31-27-33(29-45(37)51(31)39)57-47-21-7-5-17-43(47)53-49(57)25-23-41-42-24-26-50-54(56(42)59-55(41)53)44-18-6-8-22-48(44)58(50)34-28-32-12-10-20-40-36-14-2-4-16-38(36)46(30-34)52(32)40/h1-30H. The van der Waals surface area contributed by atoms with Crippen LogP contribution in [-0.4, -0.2) is 9.13 Å². The number of nitrogens with zero attached hydrogens (tertiary/aromatic N) is 2. The highest BCUT2D eigenvalue weighted by Crippen LogP contribution is 2.52. The Hall–Kier alpha value is -7.46. The van der Waals surface area contributed by atoms with Gasteiger partial charge in [0, 0.05) is 53.1 Å². The average molecular weight is 763 g/mol. The van der Waals surface area contributed by atoms with Crippen molar-refractivity contribution >= 4 is 96.7 Å². The van der Waals surface area contributed by atoms with Crippen molar-refractivity contribution in [3.63, 3.8) is 0 Å². The first-order valence-electron chi connectivity index (χ1n) is 20.4. The molecule has 2 nitrogen and oxygen atoms in total. The third kappa shape index (κ3) is 3.74. The molecule has 3 heteroatoms. The lowest BCUT2D eigenvalue weighted by Gasteiger charge is -2.12. The molecule has 0 saturated heterocycles. The highest BCUT2D eigenvalue weighted by Gasteiger charge is 2.26. The van der Waals surface area contributed by atoms with Crippen molar-refractivity contribution in [2.45, 2.75) is 0 Å². The molecule has 0 unspecified atom stereocenters. The summed E-state index contributed by atoms with van der Waals surface area (Å²) in [6.45, 7) is 0. The van der Waals surface area contributed by atoms with Gasteiger partial charge < -0.3 is 9.13 Å². The van der Waals surface area contributed by atoms with Crippen molar-refractivity contribution in [3.8, 4) is 55.9 Å². The lowest BCUT2D eigenvalue weighted by atomic mass is 10.0. The van der Waals surface area contributed by atoms with E-state index >= 15 is 0 Å². The largest absolute Gasteiger partial charge is 0.309 e. The molecule has 0 radical (unpaired) electrons. The van der Waals surface area contributed by atoms with E-state index in [4.69, 9.17) is 0 Å². The summed E-state index contributed by atoms with van der Waals surface area (Å²) in [6.07, 6.45) is 0. The van der Waals surface area contributed by atoms with Gasteiger partial charge in [-0.25, -0.2) is 0 Å². The fourth-order valence-electron chi connectivity index (χ4n) is 11.2. The third-order valence-electron chi connectivity index (χ3n) is 13.5. The maximum absolute atomic E-state index is 2.51. The van der Waals surface area contributed by atoms with Crippen molar-refractivity contribution in [1.29, 1.82) is 0 Å². The zero-order valence-electron chi connectivity index (χ0n) is 31.6. The molecule has 0 bridgehead atoms. The molecule has 2 aliphatic carbocycles. The SMILES string of the molecule is c1ccc2c(c1)-c1cccc3cc(-n4c5ccccc5c5c6sc7c(ccc8c7c7ccccc7n8-c7cc8c9c(cccc9c7)-c7ccccc7-8)c6ccc54)cc-2c13. The summed E-state index contributed by atoms with van der Waals surface area (Å²) in [5.41, 5.74) is 17.9. The highest BCUT2D eigenvalue weighted by atomic mass is 32.1. The molecule has 0 saturated carbocycles. The summed E-state index contributed by atoms with van der Waals surface area (Å²) in [7, 11) is 0. The molecule has 3 aromatic heterocycles. The number of benzene rings is 10. The van der Waals surface area contributed by atoms with Crippen LogP contribution in [-0.2, 0) is 0 Å². The monoisotopic (exact) mass is 762 g/mol. The molecule has 13 aromatic rings. The zero-order chi connectivity index (χ0) is 38.1. The first-order valence-corrected chi connectivity index (χ1v) is 21.2. The Labute approximate surface area is 342 Å². The molecule has 0 spiro atoms. The average Bonchev–Trinajstić information content (AvgIpc) is 4.08. The highest BCUT2D eigenvalue weighted by molar-refractivity contribution is 7.27.